The molecule has 0 spiro atoms. The molecule has 0 fully saturated rings. The summed E-state index contributed by atoms with van der Waals surface area (Å²) in [6.45, 7) is -0.816. The van der Waals surface area contributed by atoms with Crippen LogP contribution >= 0.6 is 0 Å². The summed E-state index contributed by atoms with van der Waals surface area (Å²) < 4.78 is 0. The maximum Gasteiger partial charge on any atom is 0.322 e. The van der Waals surface area contributed by atoms with Crippen molar-refractivity contribution in [2.24, 2.45) is 0 Å². The Morgan fingerprint density at radius 2 is 2.06 bits per heavy atom. The number of nitrogens with zero attached hydrogens (tertiary/aromatic N) is 2. The predicted octanol–water partition coefficient (Wildman–Crippen LogP) is -2.26. The fourth-order valence-corrected chi connectivity index (χ4v) is 0.796. The molecule has 1 aromatic rings. The van der Waals surface area contributed by atoms with Crippen molar-refractivity contribution in [2.45, 2.75) is 0 Å². The van der Waals surface area contributed by atoms with Crippen LogP contribution in [0.4, 0.5) is 0 Å². The van der Waals surface area contributed by atoms with Crippen molar-refractivity contribution in [3.63, 3.8) is 0 Å². The van der Waals surface area contributed by atoms with Crippen LogP contribution in [0.1, 0.15) is 10.6 Å². The van der Waals surface area contributed by atoms with Crippen LogP contribution in [-0.4, -0.2) is 51.2 Å². The standard InChI is InChI=1S/C7H9N5O4/c13-4(8-2-5(14)15)1-9-7(16)6-10-3-11-12-6/h3H,1-2H2,(H,8,13)(H,9,16)(H,14,15)(H,10,11,12). The average Bonchev–Trinajstić information content (AvgIpc) is 2.76. The molecule has 0 aromatic carbocycles. The van der Waals surface area contributed by atoms with Crippen molar-refractivity contribution in [3.05, 3.63) is 12.2 Å². The van der Waals surface area contributed by atoms with Gasteiger partial charge in [-0.05, 0) is 0 Å². The van der Waals surface area contributed by atoms with Crippen molar-refractivity contribution < 1.29 is 19.5 Å². The summed E-state index contributed by atoms with van der Waals surface area (Å²) in [5.74, 6) is -2.38. The number of rotatable bonds is 5. The highest BCUT2D eigenvalue weighted by atomic mass is 16.4. The minimum atomic E-state index is -1.16. The topological polar surface area (TPSA) is 137 Å². The summed E-state index contributed by atoms with van der Waals surface area (Å²) in [6.07, 6.45) is 1.15. The Bertz CT molecular complexity index is 387. The maximum atomic E-state index is 11.2. The van der Waals surface area contributed by atoms with E-state index in [1.165, 1.54) is 0 Å². The second-order valence-electron chi connectivity index (χ2n) is 2.69. The molecule has 0 aliphatic rings. The van der Waals surface area contributed by atoms with Crippen molar-refractivity contribution in [1.82, 2.24) is 25.8 Å². The third kappa shape index (κ3) is 3.74. The summed E-state index contributed by atoms with van der Waals surface area (Å²) in [4.78, 5) is 35.9. The highest BCUT2D eigenvalue weighted by Crippen LogP contribution is 1.83. The first-order valence-electron chi connectivity index (χ1n) is 4.21. The van der Waals surface area contributed by atoms with Gasteiger partial charge in [0, 0.05) is 0 Å². The van der Waals surface area contributed by atoms with E-state index in [-0.39, 0.29) is 12.4 Å². The molecule has 9 nitrogen and oxygen atoms in total. The number of aliphatic carboxylic acids is 1. The summed E-state index contributed by atoms with van der Waals surface area (Å²) in [5, 5.41) is 18.3. The van der Waals surface area contributed by atoms with E-state index in [9.17, 15) is 14.4 Å². The van der Waals surface area contributed by atoms with Gasteiger partial charge < -0.3 is 15.7 Å². The third-order valence-corrected chi connectivity index (χ3v) is 1.48. The number of amides is 2. The van der Waals surface area contributed by atoms with Crippen LogP contribution in [0.25, 0.3) is 0 Å². The molecule has 0 aliphatic carbocycles. The van der Waals surface area contributed by atoms with Crippen LogP contribution in [0.2, 0.25) is 0 Å². The number of aromatic amines is 1. The average molecular weight is 227 g/mol. The number of nitrogens with one attached hydrogen (secondary N) is 3. The molecule has 0 saturated carbocycles. The van der Waals surface area contributed by atoms with E-state index in [2.05, 4.69) is 25.8 Å². The summed E-state index contributed by atoms with van der Waals surface area (Å²) in [6, 6.07) is 0. The zero-order valence-corrected chi connectivity index (χ0v) is 8.06. The van der Waals surface area contributed by atoms with Crippen LogP contribution in [0.5, 0.6) is 0 Å². The highest BCUT2D eigenvalue weighted by molar-refractivity contribution is 5.93. The molecule has 0 saturated heterocycles. The van der Waals surface area contributed by atoms with Gasteiger partial charge in [0.2, 0.25) is 11.7 Å². The van der Waals surface area contributed by atoms with Crippen LogP contribution < -0.4 is 10.6 Å². The molecule has 0 atom stereocenters. The van der Waals surface area contributed by atoms with Gasteiger partial charge in [0.25, 0.3) is 5.91 Å². The third-order valence-electron chi connectivity index (χ3n) is 1.48. The van der Waals surface area contributed by atoms with E-state index in [0.717, 1.165) is 6.33 Å². The summed E-state index contributed by atoms with van der Waals surface area (Å²) in [7, 11) is 0. The van der Waals surface area contributed by atoms with Crippen LogP contribution in [0.15, 0.2) is 6.33 Å². The molecular formula is C7H9N5O4. The van der Waals surface area contributed by atoms with Crippen molar-refractivity contribution in [3.8, 4) is 0 Å². The van der Waals surface area contributed by atoms with Crippen LogP contribution in [-0.2, 0) is 9.59 Å². The molecule has 4 N–H and O–H groups in total. The molecule has 16 heavy (non-hydrogen) atoms. The number of hydrogen-bond donors (Lipinski definition) is 4. The normalized spacial score (nSPS) is 9.50. The molecule has 0 aliphatic heterocycles. The van der Waals surface area contributed by atoms with E-state index in [1.54, 1.807) is 0 Å². The van der Waals surface area contributed by atoms with E-state index >= 15 is 0 Å². The molecule has 9 heteroatoms. The smallest absolute Gasteiger partial charge is 0.322 e. The quantitative estimate of drug-likeness (QED) is 0.447. The number of hydrogen-bond acceptors (Lipinski definition) is 5. The Labute approximate surface area is 89.3 Å². The van der Waals surface area contributed by atoms with Gasteiger partial charge >= 0.3 is 5.97 Å². The second-order valence-corrected chi connectivity index (χ2v) is 2.69. The van der Waals surface area contributed by atoms with Gasteiger partial charge in [-0.2, -0.15) is 5.10 Å². The fraction of sp³-hybridized carbons (Fsp3) is 0.286. The minimum absolute atomic E-state index is 0.0222. The Kier molecular flexibility index (Phi) is 3.95. The first-order chi connectivity index (χ1) is 7.59. The lowest BCUT2D eigenvalue weighted by atomic mass is 10.5. The molecule has 0 bridgehead atoms. The SMILES string of the molecule is O=C(O)CNC(=O)CNC(=O)c1ncn[nH]1. The van der Waals surface area contributed by atoms with Crippen molar-refractivity contribution in [1.29, 1.82) is 0 Å². The molecule has 2 amide bonds. The number of H-pyrrole nitrogens is 1. The van der Waals surface area contributed by atoms with Gasteiger partial charge in [-0.1, -0.05) is 0 Å². The molecular weight excluding hydrogens is 218 g/mol. The summed E-state index contributed by atoms with van der Waals surface area (Å²) in [5.41, 5.74) is 0. The van der Waals surface area contributed by atoms with Gasteiger partial charge in [-0.3, -0.25) is 19.5 Å². The number of carbonyl (C=O) groups is 3. The lowest BCUT2D eigenvalue weighted by Crippen LogP contribution is -2.39. The monoisotopic (exact) mass is 227 g/mol. The number of carbonyl (C=O) groups excluding carboxylic acids is 2. The van der Waals surface area contributed by atoms with E-state index in [1.807, 2.05) is 0 Å². The van der Waals surface area contributed by atoms with Gasteiger partial charge in [0.1, 0.15) is 12.9 Å². The van der Waals surface area contributed by atoms with Gasteiger partial charge in [0.05, 0.1) is 6.54 Å². The Morgan fingerprint density at radius 3 is 2.62 bits per heavy atom. The molecule has 0 radical (unpaired) electrons. The maximum absolute atomic E-state index is 11.2. The lowest BCUT2D eigenvalue weighted by molar-refractivity contribution is -0.137. The first-order valence-corrected chi connectivity index (χ1v) is 4.21. The van der Waals surface area contributed by atoms with Crippen molar-refractivity contribution >= 4 is 17.8 Å². The molecule has 1 heterocycles. The largest absolute Gasteiger partial charge is 0.480 e. The second kappa shape index (κ2) is 5.44. The number of aromatic nitrogens is 3. The zero-order chi connectivity index (χ0) is 12.0. The lowest BCUT2D eigenvalue weighted by Gasteiger charge is -2.02. The van der Waals surface area contributed by atoms with E-state index in [0.29, 0.717) is 0 Å². The predicted molar refractivity (Wildman–Crippen MR) is 49.4 cm³/mol. The Hall–Kier alpha value is -2.45. The molecule has 1 aromatic heterocycles. The van der Waals surface area contributed by atoms with E-state index < -0.39 is 24.3 Å². The van der Waals surface area contributed by atoms with Crippen LogP contribution in [0.3, 0.4) is 0 Å². The fourth-order valence-electron chi connectivity index (χ4n) is 0.796. The minimum Gasteiger partial charge on any atom is -0.480 e. The van der Waals surface area contributed by atoms with Crippen LogP contribution in [0, 0.1) is 0 Å². The molecule has 1 rings (SSSR count). The summed E-state index contributed by atoms with van der Waals surface area (Å²) >= 11 is 0. The number of carboxylic acids is 1. The number of carboxylic acid groups (broad SMARTS) is 1. The van der Waals surface area contributed by atoms with Crippen molar-refractivity contribution in [2.75, 3.05) is 13.1 Å². The Balaban J connectivity index is 2.27. The van der Waals surface area contributed by atoms with Gasteiger partial charge in [-0.25, -0.2) is 4.98 Å². The Morgan fingerprint density at radius 1 is 1.31 bits per heavy atom. The highest BCUT2D eigenvalue weighted by Gasteiger charge is 2.10. The van der Waals surface area contributed by atoms with E-state index in [4.69, 9.17) is 5.11 Å². The molecule has 86 valence electrons. The van der Waals surface area contributed by atoms with Gasteiger partial charge in [0.15, 0.2) is 0 Å². The molecule has 0 unspecified atom stereocenters. The van der Waals surface area contributed by atoms with Gasteiger partial charge in [-0.15, -0.1) is 0 Å². The first kappa shape index (κ1) is 11.6. The zero-order valence-electron chi connectivity index (χ0n) is 8.06.